The van der Waals surface area contributed by atoms with Gasteiger partial charge in [0.2, 0.25) is 0 Å². The minimum absolute atomic E-state index is 0. The van der Waals surface area contributed by atoms with Crippen LogP contribution in [-0.4, -0.2) is 11.9 Å². The standard InChI is InChI=1S/C24H28N2.Ni/c1-4-7-10-24(26-23-17-13-21(9-6-3)14-18-23)19-25-22-15-11-20(8-5-2)12-16-22;/h5-6,8-9,11-19H,4,7,10H2,1-3H3;/b8-5-,9-6-,25-19+,26-24+;. The maximum absolute atomic E-state index is 4.79. The Labute approximate surface area is 173 Å². The molecular formula is C24H28N2Ni. The van der Waals surface area contributed by atoms with Gasteiger partial charge in [-0.1, -0.05) is 61.9 Å². The Morgan fingerprint density at radius 3 is 1.81 bits per heavy atom. The van der Waals surface area contributed by atoms with Crippen LogP contribution in [-0.2, 0) is 16.5 Å². The van der Waals surface area contributed by atoms with Crippen LogP contribution in [0.25, 0.3) is 12.2 Å². The van der Waals surface area contributed by atoms with Crippen LogP contribution in [0.5, 0.6) is 0 Å². The van der Waals surface area contributed by atoms with Crippen LogP contribution < -0.4 is 0 Å². The summed E-state index contributed by atoms with van der Waals surface area (Å²) in [4.78, 5) is 9.40. The Balaban J connectivity index is 0.00000364. The summed E-state index contributed by atoms with van der Waals surface area (Å²) in [5.41, 5.74) is 5.32. The molecule has 27 heavy (non-hydrogen) atoms. The molecule has 0 bridgehead atoms. The summed E-state index contributed by atoms with van der Waals surface area (Å²) in [5.74, 6) is 0. The fraction of sp³-hybridized carbons (Fsp3) is 0.250. The smallest absolute Gasteiger partial charge is 0.0634 e. The van der Waals surface area contributed by atoms with Gasteiger partial charge in [0.15, 0.2) is 0 Å². The number of allylic oxidation sites excluding steroid dienone is 2. The zero-order valence-corrected chi connectivity index (χ0v) is 17.3. The second-order valence-electron chi connectivity index (χ2n) is 6.15. The molecule has 0 saturated heterocycles. The fourth-order valence-electron chi connectivity index (χ4n) is 2.54. The summed E-state index contributed by atoms with van der Waals surface area (Å²) in [6.07, 6.45) is 13.3. The third-order valence-corrected chi connectivity index (χ3v) is 3.93. The van der Waals surface area contributed by atoms with E-state index in [9.17, 15) is 0 Å². The molecule has 0 aromatic heterocycles. The normalized spacial score (nSPS) is 12.2. The van der Waals surface area contributed by atoms with Gasteiger partial charge in [0, 0.05) is 22.7 Å². The number of hydrogen-bond donors (Lipinski definition) is 0. The number of hydrogen-bond acceptors (Lipinski definition) is 2. The van der Waals surface area contributed by atoms with Gasteiger partial charge in [0.25, 0.3) is 0 Å². The minimum atomic E-state index is 0. The third-order valence-electron chi connectivity index (χ3n) is 3.93. The van der Waals surface area contributed by atoms with Gasteiger partial charge in [-0.25, -0.2) is 0 Å². The maximum atomic E-state index is 4.79. The van der Waals surface area contributed by atoms with Crippen LogP contribution in [0.2, 0.25) is 0 Å². The minimum Gasteiger partial charge on any atom is -0.255 e. The van der Waals surface area contributed by atoms with E-state index in [1.165, 1.54) is 11.1 Å². The molecule has 0 aliphatic carbocycles. The van der Waals surface area contributed by atoms with E-state index >= 15 is 0 Å². The van der Waals surface area contributed by atoms with Gasteiger partial charge >= 0.3 is 0 Å². The molecule has 0 N–H and O–H groups in total. The summed E-state index contributed by atoms with van der Waals surface area (Å²) in [6.45, 7) is 6.24. The van der Waals surface area contributed by atoms with E-state index in [1.54, 1.807) is 0 Å². The summed E-state index contributed by atoms with van der Waals surface area (Å²) >= 11 is 0. The van der Waals surface area contributed by atoms with Gasteiger partial charge in [-0.2, -0.15) is 0 Å². The van der Waals surface area contributed by atoms with Crippen molar-refractivity contribution < 1.29 is 16.5 Å². The van der Waals surface area contributed by atoms with Gasteiger partial charge in [-0.15, -0.1) is 0 Å². The molecule has 0 radical (unpaired) electrons. The molecule has 0 saturated carbocycles. The van der Waals surface area contributed by atoms with Crippen molar-refractivity contribution in [3.05, 3.63) is 71.8 Å². The van der Waals surface area contributed by atoms with Crippen LogP contribution in [0.1, 0.15) is 51.2 Å². The second kappa shape index (κ2) is 13.0. The van der Waals surface area contributed by atoms with Crippen molar-refractivity contribution in [1.29, 1.82) is 0 Å². The van der Waals surface area contributed by atoms with Crippen molar-refractivity contribution in [2.24, 2.45) is 9.98 Å². The predicted octanol–water partition coefficient (Wildman–Crippen LogP) is 7.42. The van der Waals surface area contributed by atoms with Crippen LogP contribution in [0.15, 0.2) is 70.7 Å². The van der Waals surface area contributed by atoms with Gasteiger partial charge in [-0.3, -0.25) is 9.98 Å². The quantitative estimate of drug-likeness (QED) is 0.324. The molecule has 0 fully saturated rings. The van der Waals surface area contributed by atoms with Crippen molar-refractivity contribution in [2.75, 3.05) is 0 Å². The molecule has 2 aromatic rings. The van der Waals surface area contributed by atoms with Crippen molar-refractivity contribution in [3.63, 3.8) is 0 Å². The number of unbranched alkanes of at least 4 members (excludes halogenated alkanes) is 1. The van der Waals surface area contributed by atoms with E-state index in [0.717, 1.165) is 36.3 Å². The number of aliphatic imine (C=N–C) groups is 2. The van der Waals surface area contributed by atoms with Gasteiger partial charge in [0.1, 0.15) is 0 Å². The molecule has 0 amide bonds. The molecule has 2 nitrogen and oxygen atoms in total. The molecule has 0 heterocycles. The Morgan fingerprint density at radius 1 is 0.815 bits per heavy atom. The van der Waals surface area contributed by atoms with Crippen molar-refractivity contribution in [3.8, 4) is 0 Å². The summed E-state index contributed by atoms with van der Waals surface area (Å²) in [5, 5.41) is 0. The molecule has 0 unspecified atom stereocenters. The second-order valence-corrected chi connectivity index (χ2v) is 6.15. The number of benzene rings is 2. The predicted molar refractivity (Wildman–Crippen MR) is 117 cm³/mol. The maximum Gasteiger partial charge on any atom is 0.0634 e. The van der Waals surface area contributed by atoms with Gasteiger partial charge in [-0.05, 0) is 62.1 Å². The third kappa shape index (κ3) is 8.32. The van der Waals surface area contributed by atoms with Crippen LogP contribution in [0.3, 0.4) is 0 Å². The monoisotopic (exact) mass is 402 g/mol. The summed E-state index contributed by atoms with van der Waals surface area (Å²) in [6, 6.07) is 16.5. The fourth-order valence-corrected chi connectivity index (χ4v) is 2.54. The SMILES string of the molecule is C/C=C\c1ccc(/N=C/C(CCCC)=N/c2ccc(/C=C\C)cc2)cc1.[Ni]. The first-order valence-corrected chi connectivity index (χ1v) is 9.32. The Bertz CT molecular complexity index is 782. The van der Waals surface area contributed by atoms with E-state index in [-0.39, 0.29) is 16.5 Å². The van der Waals surface area contributed by atoms with Gasteiger partial charge < -0.3 is 0 Å². The van der Waals surface area contributed by atoms with E-state index < -0.39 is 0 Å². The number of rotatable bonds is 8. The first-order valence-electron chi connectivity index (χ1n) is 9.32. The molecule has 2 aromatic carbocycles. The van der Waals surface area contributed by atoms with Crippen molar-refractivity contribution >= 4 is 35.5 Å². The van der Waals surface area contributed by atoms with Crippen molar-refractivity contribution in [2.45, 2.75) is 40.0 Å². The van der Waals surface area contributed by atoms with E-state index in [1.807, 2.05) is 44.3 Å². The topological polar surface area (TPSA) is 24.7 Å². The first-order chi connectivity index (χ1) is 12.7. The Hall–Kier alpha value is -2.25. The van der Waals surface area contributed by atoms with E-state index in [4.69, 9.17) is 4.99 Å². The first kappa shape index (κ1) is 22.8. The Kier molecular flexibility index (Phi) is 11.0. The van der Waals surface area contributed by atoms with E-state index in [0.29, 0.717) is 0 Å². The van der Waals surface area contributed by atoms with Crippen LogP contribution >= 0.6 is 0 Å². The summed E-state index contributed by atoms with van der Waals surface area (Å²) in [7, 11) is 0. The summed E-state index contributed by atoms with van der Waals surface area (Å²) < 4.78 is 0. The van der Waals surface area contributed by atoms with Crippen molar-refractivity contribution in [1.82, 2.24) is 0 Å². The Morgan fingerprint density at radius 2 is 1.33 bits per heavy atom. The van der Waals surface area contributed by atoms with Crippen LogP contribution in [0, 0.1) is 0 Å². The molecule has 3 heteroatoms. The molecular weight excluding hydrogens is 375 g/mol. The largest absolute Gasteiger partial charge is 0.255 e. The average Bonchev–Trinajstić information content (AvgIpc) is 2.67. The molecule has 144 valence electrons. The number of nitrogens with zero attached hydrogens (tertiary/aromatic N) is 2. The average molecular weight is 403 g/mol. The zero-order chi connectivity index (χ0) is 18.6. The molecule has 0 aliphatic rings. The van der Waals surface area contributed by atoms with Gasteiger partial charge in [0.05, 0.1) is 17.1 Å². The zero-order valence-electron chi connectivity index (χ0n) is 16.3. The molecule has 0 aliphatic heterocycles. The van der Waals surface area contributed by atoms with E-state index in [2.05, 4.69) is 60.5 Å². The molecule has 0 atom stereocenters. The molecule has 0 spiro atoms. The molecule has 2 rings (SSSR count). The van der Waals surface area contributed by atoms with Crippen LogP contribution in [0.4, 0.5) is 11.4 Å².